The second-order valence-electron chi connectivity index (χ2n) is 6.31. The molecule has 1 aliphatic heterocycles. The molecule has 3 aromatic rings. The van der Waals surface area contributed by atoms with Crippen molar-refractivity contribution in [1.29, 1.82) is 0 Å². The first-order valence-electron chi connectivity index (χ1n) is 8.20. The Bertz CT molecular complexity index is 1170. The minimum Gasteiger partial charge on any atom is -0.391 e. The standard InChI is InChI=1S/C17H16FN3O4S2/c18-13-7-10-3-5-19-17(23)12(10)8-14(13)20-27(24,25)16-2-1-15(26-16)21-6-4-11(22)9-21/h1-3,5,7-8,11,20,22H,4,6,9H2,(H,19,23). The lowest BCUT2D eigenvalue weighted by molar-refractivity contribution is 0.198. The lowest BCUT2D eigenvalue weighted by atomic mass is 10.1. The molecule has 1 unspecified atom stereocenters. The van der Waals surface area contributed by atoms with Gasteiger partial charge in [0.15, 0.2) is 0 Å². The van der Waals surface area contributed by atoms with Crippen LogP contribution in [-0.4, -0.2) is 37.7 Å². The van der Waals surface area contributed by atoms with Crippen LogP contribution in [-0.2, 0) is 10.0 Å². The average Bonchev–Trinajstić information content (AvgIpc) is 3.25. The number of rotatable bonds is 4. The smallest absolute Gasteiger partial charge is 0.271 e. The molecule has 10 heteroatoms. The first kappa shape index (κ1) is 18.0. The minimum atomic E-state index is -4.01. The molecule has 0 spiro atoms. The van der Waals surface area contributed by atoms with Crippen LogP contribution in [0.2, 0.25) is 0 Å². The molecule has 27 heavy (non-hydrogen) atoms. The fourth-order valence-corrected chi connectivity index (χ4v) is 5.44. The van der Waals surface area contributed by atoms with Gasteiger partial charge in [-0.25, -0.2) is 12.8 Å². The lowest BCUT2D eigenvalue weighted by Crippen LogP contribution is -2.19. The summed E-state index contributed by atoms with van der Waals surface area (Å²) in [6, 6.07) is 6.95. The molecule has 1 aromatic carbocycles. The molecule has 2 aromatic heterocycles. The van der Waals surface area contributed by atoms with E-state index in [4.69, 9.17) is 0 Å². The maximum absolute atomic E-state index is 14.3. The van der Waals surface area contributed by atoms with Gasteiger partial charge in [0, 0.05) is 24.7 Å². The van der Waals surface area contributed by atoms with Gasteiger partial charge in [0.25, 0.3) is 15.6 Å². The van der Waals surface area contributed by atoms with E-state index in [9.17, 15) is 22.7 Å². The maximum Gasteiger partial charge on any atom is 0.271 e. The van der Waals surface area contributed by atoms with Gasteiger partial charge >= 0.3 is 0 Å². The molecule has 0 saturated carbocycles. The van der Waals surface area contributed by atoms with Crippen LogP contribution in [0.5, 0.6) is 0 Å². The Hall–Kier alpha value is -2.43. The Morgan fingerprint density at radius 2 is 2.11 bits per heavy atom. The van der Waals surface area contributed by atoms with Gasteiger partial charge in [0.1, 0.15) is 10.0 Å². The maximum atomic E-state index is 14.3. The van der Waals surface area contributed by atoms with Gasteiger partial charge in [0.2, 0.25) is 0 Å². The van der Waals surface area contributed by atoms with Crippen LogP contribution in [0.15, 0.2) is 45.5 Å². The lowest BCUT2D eigenvalue weighted by Gasteiger charge is -2.14. The van der Waals surface area contributed by atoms with Crippen molar-refractivity contribution in [3.8, 4) is 0 Å². The van der Waals surface area contributed by atoms with E-state index in [1.807, 2.05) is 4.90 Å². The van der Waals surface area contributed by atoms with Crippen LogP contribution >= 0.6 is 11.3 Å². The molecule has 0 bridgehead atoms. The van der Waals surface area contributed by atoms with Gasteiger partial charge in [-0.1, -0.05) is 0 Å². The fraction of sp³-hybridized carbons (Fsp3) is 0.235. The number of anilines is 2. The fourth-order valence-electron chi connectivity index (χ4n) is 3.05. The first-order chi connectivity index (χ1) is 12.8. The van der Waals surface area contributed by atoms with Gasteiger partial charge < -0.3 is 15.0 Å². The van der Waals surface area contributed by atoms with Gasteiger partial charge in [-0.2, -0.15) is 0 Å². The Kier molecular flexibility index (Phi) is 4.41. The molecular formula is C17H16FN3O4S2. The number of halogens is 1. The summed E-state index contributed by atoms with van der Waals surface area (Å²) in [5, 5.41) is 10.9. The van der Waals surface area contributed by atoms with Crippen LogP contribution in [0.3, 0.4) is 0 Å². The van der Waals surface area contributed by atoms with Gasteiger partial charge in [-0.15, -0.1) is 11.3 Å². The predicted molar refractivity (Wildman–Crippen MR) is 102 cm³/mol. The Labute approximate surface area is 158 Å². The number of benzene rings is 1. The molecule has 1 saturated heterocycles. The normalized spacial score (nSPS) is 17.6. The number of hydrogen-bond donors (Lipinski definition) is 3. The number of hydrogen-bond acceptors (Lipinski definition) is 6. The van der Waals surface area contributed by atoms with Crippen molar-refractivity contribution in [3.05, 3.63) is 52.7 Å². The summed E-state index contributed by atoms with van der Waals surface area (Å²) in [7, 11) is -4.01. The van der Waals surface area contributed by atoms with Crippen LogP contribution in [0, 0.1) is 5.82 Å². The largest absolute Gasteiger partial charge is 0.391 e. The molecule has 1 fully saturated rings. The van der Waals surface area contributed by atoms with E-state index >= 15 is 0 Å². The molecule has 3 N–H and O–H groups in total. The molecule has 0 aliphatic carbocycles. The number of nitrogens with one attached hydrogen (secondary N) is 2. The first-order valence-corrected chi connectivity index (χ1v) is 10.5. The number of thiophene rings is 1. The van der Waals surface area contributed by atoms with Crippen molar-refractivity contribution in [2.45, 2.75) is 16.7 Å². The van der Waals surface area contributed by atoms with E-state index in [0.29, 0.717) is 24.9 Å². The molecule has 3 heterocycles. The van der Waals surface area contributed by atoms with Crippen molar-refractivity contribution in [3.63, 3.8) is 0 Å². The van der Waals surface area contributed by atoms with E-state index in [-0.39, 0.29) is 15.3 Å². The number of H-pyrrole nitrogens is 1. The monoisotopic (exact) mass is 409 g/mol. The Morgan fingerprint density at radius 1 is 1.30 bits per heavy atom. The molecule has 7 nitrogen and oxygen atoms in total. The Balaban J connectivity index is 1.65. The molecule has 0 radical (unpaired) electrons. The summed E-state index contributed by atoms with van der Waals surface area (Å²) < 4.78 is 41.9. The van der Waals surface area contributed by atoms with Crippen LogP contribution < -0.4 is 15.2 Å². The van der Waals surface area contributed by atoms with E-state index in [2.05, 4.69) is 9.71 Å². The van der Waals surface area contributed by atoms with Crippen LogP contribution in [0.4, 0.5) is 15.1 Å². The summed E-state index contributed by atoms with van der Waals surface area (Å²) >= 11 is 1.05. The predicted octanol–water partition coefficient (Wildman–Crippen LogP) is 2.10. The number of aliphatic hydroxyl groups excluding tert-OH is 1. The zero-order valence-electron chi connectivity index (χ0n) is 14.0. The highest BCUT2D eigenvalue weighted by atomic mass is 32.2. The number of sulfonamides is 1. The second-order valence-corrected chi connectivity index (χ2v) is 9.28. The molecular weight excluding hydrogens is 393 g/mol. The molecule has 142 valence electrons. The third-order valence-electron chi connectivity index (χ3n) is 4.41. The van der Waals surface area contributed by atoms with Crippen LogP contribution in [0.1, 0.15) is 6.42 Å². The van der Waals surface area contributed by atoms with Crippen molar-refractivity contribution in [2.24, 2.45) is 0 Å². The quantitative estimate of drug-likeness (QED) is 0.612. The second kappa shape index (κ2) is 6.63. The van der Waals surface area contributed by atoms with Crippen molar-refractivity contribution in [1.82, 2.24) is 4.98 Å². The summed E-state index contributed by atoms with van der Waals surface area (Å²) in [4.78, 5) is 16.3. The zero-order chi connectivity index (χ0) is 19.2. The highest BCUT2D eigenvalue weighted by Crippen LogP contribution is 2.33. The minimum absolute atomic E-state index is 0.0281. The molecule has 4 rings (SSSR count). The number of nitrogens with zero attached hydrogens (tertiary/aromatic N) is 1. The number of fused-ring (bicyclic) bond motifs is 1. The highest BCUT2D eigenvalue weighted by molar-refractivity contribution is 7.94. The molecule has 1 aliphatic rings. The average molecular weight is 409 g/mol. The third-order valence-corrected chi connectivity index (χ3v) is 7.42. The number of aliphatic hydroxyl groups is 1. The summed E-state index contributed by atoms with van der Waals surface area (Å²) in [5.41, 5.74) is -0.718. The van der Waals surface area contributed by atoms with Crippen molar-refractivity contribution in [2.75, 3.05) is 22.7 Å². The number of aromatic amines is 1. The van der Waals surface area contributed by atoms with Crippen molar-refractivity contribution >= 4 is 42.8 Å². The number of aromatic nitrogens is 1. The zero-order valence-corrected chi connectivity index (χ0v) is 15.6. The highest BCUT2D eigenvalue weighted by Gasteiger charge is 2.25. The Morgan fingerprint density at radius 3 is 2.85 bits per heavy atom. The van der Waals surface area contributed by atoms with Crippen LogP contribution in [0.25, 0.3) is 10.8 Å². The van der Waals surface area contributed by atoms with Gasteiger partial charge in [-0.05, 0) is 42.1 Å². The molecule has 1 atom stereocenters. The van der Waals surface area contributed by atoms with E-state index in [0.717, 1.165) is 22.4 Å². The van der Waals surface area contributed by atoms with E-state index in [1.54, 1.807) is 6.07 Å². The summed E-state index contributed by atoms with van der Waals surface area (Å²) in [5.74, 6) is -0.767. The number of pyridine rings is 1. The summed E-state index contributed by atoms with van der Waals surface area (Å²) in [6.07, 6.45) is 1.61. The number of β-amino-alcohol motifs (C(OH)–C–C–N with tert-alkyl or cyclic N) is 1. The SMILES string of the molecule is O=c1[nH]ccc2cc(F)c(NS(=O)(=O)c3ccc(N4CCC(O)C4)s3)cc12. The topological polar surface area (TPSA) is 102 Å². The van der Waals surface area contributed by atoms with E-state index < -0.39 is 27.5 Å². The summed E-state index contributed by atoms with van der Waals surface area (Å²) in [6.45, 7) is 1.10. The van der Waals surface area contributed by atoms with Crippen molar-refractivity contribution < 1.29 is 17.9 Å². The molecule has 0 amide bonds. The van der Waals surface area contributed by atoms with Gasteiger partial charge in [0.05, 0.1) is 16.8 Å². The van der Waals surface area contributed by atoms with E-state index in [1.165, 1.54) is 24.4 Å². The third kappa shape index (κ3) is 3.43. The van der Waals surface area contributed by atoms with Gasteiger partial charge in [-0.3, -0.25) is 9.52 Å².